The van der Waals surface area contributed by atoms with Crippen LogP contribution in [0.5, 0.6) is 0 Å². The minimum absolute atomic E-state index is 0.343. The van der Waals surface area contributed by atoms with Crippen molar-refractivity contribution in [2.75, 3.05) is 0 Å². The highest BCUT2D eigenvalue weighted by atomic mass is 16.3. The van der Waals surface area contributed by atoms with Crippen molar-refractivity contribution in [2.24, 2.45) is 10.9 Å². The monoisotopic (exact) mass is 73.0 g/mol. The fourth-order valence-electron chi connectivity index (χ4n) is 0. The van der Waals surface area contributed by atoms with E-state index in [1.165, 1.54) is 6.92 Å². The Morgan fingerprint density at radius 3 is 2.20 bits per heavy atom. The number of nitrogens with two attached hydrogens (primary N) is 1. The fourth-order valence-corrected chi connectivity index (χ4v) is 0. The second-order valence-corrected chi connectivity index (χ2v) is 0.648. The van der Waals surface area contributed by atoms with Gasteiger partial charge in [-0.2, -0.15) is 0 Å². The highest BCUT2D eigenvalue weighted by Crippen LogP contribution is 1.55. The molecular formula is C2H5N2O. The third-order valence-corrected chi connectivity index (χ3v) is 0.182. The van der Waals surface area contributed by atoms with Crippen LogP contribution in [0.2, 0.25) is 0 Å². The lowest BCUT2D eigenvalue weighted by Crippen LogP contribution is -1.88. The van der Waals surface area contributed by atoms with E-state index in [9.17, 15) is 5.11 Å². The Morgan fingerprint density at radius 1 is 2.00 bits per heavy atom. The van der Waals surface area contributed by atoms with E-state index in [2.05, 4.69) is 10.9 Å². The van der Waals surface area contributed by atoms with Gasteiger partial charge in [0, 0.05) is 6.92 Å². The lowest BCUT2D eigenvalue weighted by atomic mass is 10.8. The molecule has 3 nitrogen and oxygen atoms in total. The van der Waals surface area contributed by atoms with E-state index in [0.717, 1.165) is 0 Å². The molecule has 0 amide bonds. The Morgan fingerprint density at radius 2 is 2.20 bits per heavy atom. The molecule has 0 bridgehead atoms. The van der Waals surface area contributed by atoms with Gasteiger partial charge in [-0.05, 0) is 0 Å². The van der Waals surface area contributed by atoms with Crippen molar-refractivity contribution in [2.45, 2.75) is 6.92 Å². The molecule has 0 aliphatic heterocycles. The topological polar surface area (TPSA) is 58.3 Å². The van der Waals surface area contributed by atoms with Crippen LogP contribution in [0.4, 0.5) is 0 Å². The molecule has 0 rings (SSSR count). The molecular weight excluding hydrogens is 68.0 g/mol. The van der Waals surface area contributed by atoms with E-state index in [1.807, 2.05) is 0 Å². The van der Waals surface area contributed by atoms with Gasteiger partial charge in [0.15, 0.2) is 0 Å². The Hall–Kier alpha value is -0.730. The molecule has 2 N–H and O–H groups in total. The lowest BCUT2D eigenvalue weighted by molar-refractivity contribution is 0.421. The first-order chi connectivity index (χ1) is 2.27. The summed E-state index contributed by atoms with van der Waals surface area (Å²) in [6, 6.07) is 0. The number of hydrazone groups is 1. The highest BCUT2D eigenvalue weighted by Gasteiger charge is 1.72. The molecule has 0 saturated heterocycles. The number of hydrogen-bond donors (Lipinski definition) is 1. The van der Waals surface area contributed by atoms with Crippen LogP contribution in [0.25, 0.3) is 0 Å². The Kier molecular flexibility index (Phi) is 1.35. The van der Waals surface area contributed by atoms with Gasteiger partial charge in [-0.15, -0.1) is 5.10 Å². The second kappa shape index (κ2) is 1.58. The van der Waals surface area contributed by atoms with E-state index in [0.29, 0.717) is 0 Å². The van der Waals surface area contributed by atoms with Crippen molar-refractivity contribution in [3.05, 3.63) is 0 Å². The maximum Gasteiger partial charge on any atom is 0.258 e. The first-order valence-corrected chi connectivity index (χ1v) is 1.19. The Bertz CT molecular complexity index is 45.6. The fraction of sp³-hybridized carbons (Fsp3) is 0.500. The van der Waals surface area contributed by atoms with Crippen LogP contribution in [0.15, 0.2) is 5.10 Å². The van der Waals surface area contributed by atoms with Crippen LogP contribution >= 0.6 is 0 Å². The maximum atomic E-state index is 9.52. The third kappa shape index (κ3) is 3.27. The number of hydrogen-bond acceptors (Lipinski definition) is 2. The summed E-state index contributed by atoms with van der Waals surface area (Å²) in [6.07, 6.45) is 0. The van der Waals surface area contributed by atoms with Gasteiger partial charge in [0.25, 0.3) is 5.90 Å². The molecule has 0 saturated carbocycles. The summed E-state index contributed by atoms with van der Waals surface area (Å²) in [6.45, 7) is 1.29. The standard InChI is InChI=1S/C2H5N2O/c1-2(5)4-3/h3H2,1H3/b4-2+. The molecule has 3 heteroatoms. The summed E-state index contributed by atoms with van der Waals surface area (Å²) in [5, 5.41) is 12.3. The maximum absolute atomic E-state index is 9.52. The Balaban J connectivity index is 3.14. The third-order valence-electron chi connectivity index (χ3n) is 0.182. The zero-order valence-electron chi connectivity index (χ0n) is 2.93. The predicted molar refractivity (Wildman–Crippen MR) is 18.0 cm³/mol. The van der Waals surface area contributed by atoms with Gasteiger partial charge in [-0.1, -0.05) is 0 Å². The molecule has 0 fully saturated rings. The van der Waals surface area contributed by atoms with E-state index < -0.39 is 0 Å². The van der Waals surface area contributed by atoms with Crippen molar-refractivity contribution < 1.29 is 5.11 Å². The van der Waals surface area contributed by atoms with Gasteiger partial charge in [-0.25, -0.2) is 0 Å². The minimum Gasteiger partial charge on any atom is -0.320 e. The van der Waals surface area contributed by atoms with Gasteiger partial charge in [0.1, 0.15) is 0 Å². The van der Waals surface area contributed by atoms with Crippen LogP contribution < -0.4 is 5.84 Å². The highest BCUT2D eigenvalue weighted by molar-refractivity contribution is 5.69. The van der Waals surface area contributed by atoms with Crippen LogP contribution in [0.3, 0.4) is 0 Å². The van der Waals surface area contributed by atoms with Crippen LogP contribution in [0.1, 0.15) is 6.92 Å². The average molecular weight is 73.1 g/mol. The van der Waals surface area contributed by atoms with Crippen LogP contribution in [0, 0.1) is 0 Å². The zero-order chi connectivity index (χ0) is 4.28. The molecule has 29 valence electrons. The summed E-state index contributed by atoms with van der Waals surface area (Å²) < 4.78 is 0. The molecule has 0 unspecified atom stereocenters. The molecule has 0 aliphatic carbocycles. The molecule has 0 aliphatic rings. The summed E-state index contributed by atoms with van der Waals surface area (Å²) in [4.78, 5) is 0. The largest absolute Gasteiger partial charge is 0.320 e. The zero-order valence-corrected chi connectivity index (χ0v) is 2.93. The SMILES string of the molecule is C/C([O])=N\N. The van der Waals surface area contributed by atoms with Gasteiger partial charge in [0.05, 0.1) is 0 Å². The summed E-state index contributed by atoms with van der Waals surface area (Å²) in [5.41, 5.74) is 0. The molecule has 0 aromatic heterocycles. The van der Waals surface area contributed by atoms with E-state index in [1.54, 1.807) is 0 Å². The van der Waals surface area contributed by atoms with Crippen molar-refractivity contribution in [1.82, 2.24) is 0 Å². The van der Waals surface area contributed by atoms with E-state index in [4.69, 9.17) is 0 Å². The van der Waals surface area contributed by atoms with E-state index in [-0.39, 0.29) is 5.90 Å². The minimum atomic E-state index is -0.343. The molecule has 0 spiro atoms. The normalized spacial score (nSPS) is 11.8. The molecule has 0 aromatic rings. The smallest absolute Gasteiger partial charge is 0.258 e. The second-order valence-electron chi connectivity index (χ2n) is 0.648. The van der Waals surface area contributed by atoms with Crippen molar-refractivity contribution >= 4 is 5.90 Å². The summed E-state index contributed by atoms with van der Waals surface area (Å²) >= 11 is 0. The van der Waals surface area contributed by atoms with Crippen molar-refractivity contribution in [1.29, 1.82) is 0 Å². The number of rotatable bonds is 0. The van der Waals surface area contributed by atoms with Gasteiger partial charge >= 0.3 is 0 Å². The Labute approximate surface area is 30.1 Å². The molecule has 5 heavy (non-hydrogen) atoms. The predicted octanol–water partition coefficient (Wildman–Crippen LogP) is -0.291. The molecule has 0 atom stereocenters. The van der Waals surface area contributed by atoms with E-state index >= 15 is 0 Å². The van der Waals surface area contributed by atoms with Crippen LogP contribution in [-0.2, 0) is 5.11 Å². The van der Waals surface area contributed by atoms with Gasteiger partial charge < -0.3 is 5.84 Å². The van der Waals surface area contributed by atoms with Gasteiger partial charge in [0.2, 0.25) is 0 Å². The van der Waals surface area contributed by atoms with Crippen molar-refractivity contribution in [3.63, 3.8) is 0 Å². The van der Waals surface area contributed by atoms with Gasteiger partial charge in [-0.3, -0.25) is 5.11 Å². The first-order valence-electron chi connectivity index (χ1n) is 1.19. The summed E-state index contributed by atoms with van der Waals surface area (Å²) in [5.74, 6) is 4.10. The molecule has 0 aromatic carbocycles. The lowest BCUT2D eigenvalue weighted by Gasteiger charge is -1.67. The number of nitrogens with zero attached hydrogens (tertiary/aromatic N) is 1. The van der Waals surface area contributed by atoms with Crippen LogP contribution in [-0.4, -0.2) is 5.90 Å². The molecule has 0 heterocycles. The molecule has 1 radical (unpaired) electrons. The summed E-state index contributed by atoms with van der Waals surface area (Å²) in [7, 11) is 0. The average Bonchev–Trinajstić information content (AvgIpc) is 1.38. The van der Waals surface area contributed by atoms with Crippen molar-refractivity contribution in [3.8, 4) is 0 Å². The quantitative estimate of drug-likeness (QED) is 0.182. The first kappa shape index (κ1) is 4.27.